The number of methoxy groups -OCH3 is 2. The number of hydrogen-bond donors (Lipinski definition) is 0. The first-order chi connectivity index (χ1) is 9.62. The van der Waals surface area contributed by atoms with Crippen molar-refractivity contribution in [3.05, 3.63) is 23.3 Å². The Morgan fingerprint density at radius 3 is 2.25 bits per heavy atom. The van der Waals surface area contributed by atoms with Gasteiger partial charge < -0.3 is 9.47 Å². The first kappa shape index (κ1) is 15.2. The van der Waals surface area contributed by atoms with E-state index in [1.165, 1.54) is 5.56 Å². The summed E-state index contributed by atoms with van der Waals surface area (Å²) in [7, 11) is 3.31. The molecule has 0 aromatic heterocycles. The fraction of sp³-hybridized carbons (Fsp3) is 0.562. The van der Waals surface area contributed by atoms with Crippen molar-refractivity contribution in [1.82, 2.24) is 0 Å². The number of nitrogens with zero attached hydrogens (tertiary/aromatic N) is 1. The highest BCUT2D eigenvalue weighted by Crippen LogP contribution is 2.38. The SMILES string of the molecule is CCC1(CC)Cc2cc(OC)c(OC)cc2C(CCl)=N1. The lowest BCUT2D eigenvalue weighted by Crippen LogP contribution is -2.34. The maximum Gasteiger partial charge on any atom is 0.161 e. The molecule has 4 heteroatoms. The fourth-order valence-corrected chi connectivity index (χ4v) is 3.04. The summed E-state index contributed by atoms with van der Waals surface area (Å²) < 4.78 is 10.8. The van der Waals surface area contributed by atoms with Crippen LogP contribution in [-0.4, -0.2) is 31.4 Å². The molecule has 0 fully saturated rings. The Kier molecular flexibility index (Phi) is 4.59. The van der Waals surface area contributed by atoms with Crippen LogP contribution in [0.15, 0.2) is 17.1 Å². The van der Waals surface area contributed by atoms with Gasteiger partial charge in [0.25, 0.3) is 0 Å². The second kappa shape index (κ2) is 6.04. The third-order valence-electron chi connectivity index (χ3n) is 4.25. The van der Waals surface area contributed by atoms with E-state index in [0.29, 0.717) is 5.88 Å². The van der Waals surface area contributed by atoms with Crippen LogP contribution in [0.5, 0.6) is 11.5 Å². The van der Waals surface area contributed by atoms with Crippen molar-refractivity contribution in [2.75, 3.05) is 20.1 Å². The Balaban J connectivity index is 2.58. The van der Waals surface area contributed by atoms with Crippen LogP contribution in [-0.2, 0) is 6.42 Å². The van der Waals surface area contributed by atoms with Gasteiger partial charge in [-0.1, -0.05) is 13.8 Å². The zero-order valence-corrected chi connectivity index (χ0v) is 13.4. The summed E-state index contributed by atoms with van der Waals surface area (Å²) >= 11 is 6.12. The summed E-state index contributed by atoms with van der Waals surface area (Å²) in [5.41, 5.74) is 3.27. The van der Waals surface area contributed by atoms with E-state index in [9.17, 15) is 0 Å². The molecule has 2 rings (SSSR count). The molecule has 1 heterocycles. The van der Waals surface area contributed by atoms with Crippen LogP contribution in [0.1, 0.15) is 37.8 Å². The Bertz CT molecular complexity index is 521. The third-order valence-corrected chi connectivity index (χ3v) is 4.51. The maximum atomic E-state index is 6.12. The van der Waals surface area contributed by atoms with Crippen molar-refractivity contribution in [1.29, 1.82) is 0 Å². The van der Waals surface area contributed by atoms with Crippen LogP contribution in [0.2, 0.25) is 0 Å². The van der Waals surface area contributed by atoms with Gasteiger partial charge in [-0.05, 0) is 37.0 Å². The zero-order valence-electron chi connectivity index (χ0n) is 12.6. The number of alkyl halides is 1. The van der Waals surface area contributed by atoms with Crippen molar-refractivity contribution in [2.24, 2.45) is 4.99 Å². The van der Waals surface area contributed by atoms with Crippen LogP contribution >= 0.6 is 11.6 Å². The summed E-state index contributed by atoms with van der Waals surface area (Å²) in [6.45, 7) is 4.37. The Hall–Kier alpha value is -1.22. The van der Waals surface area contributed by atoms with Crippen LogP contribution in [0, 0.1) is 0 Å². The second-order valence-corrected chi connectivity index (χ2v) is 5.43. The minimum Gasteiger partial charge on any atom is -0.493 e. The van der Waals surface area contributed by atoms with E-state index in [4.69, 9.17) is 26.1 Å². The van der Waals surface area contributed by atoms with Crippen molar-refractivity contribution in [3.8, 4) is 11.5 Å². The van der Waals surface area contributed by atoms with Gasteiger partial charge in [-0.3, -0.25) is 4.99 Å². The minimum absolute atomic E-state index is 0.0309. The molecular weight excluding hydrogens is 274 g/mol. The van der Waals surface area contributed by atoms with E-state index in [1.807, 2.05) is 6.07 Å². The molecule has 0 spiro atoms. The van der Waals surface area contributed by atoms with Gasteiger partial charge in [-0.15, -0.1) is 11.6 Å². The summed E-state index contributed by atoms with van der Waals surface area (Å²) in [4.78, 5) is 4.93. The smallest absolute Gasteiger partial charge is 0.161 e. The Morgan fingerprint density at radius 1 is 1.15 bits per heavy atom. The number of benzene rings is 1. The van der Waals surface area contributed by atoms with E-state index in [1.54, 1.807) is 14.2 Å². The molecule has 0 amide bonds. The minimum atomic E-state index is -0.0309. The van der Waals surface area contributed by atoms with Crippen molar-refractivity contribution >= 4 is 17.3 Å². The molecule has 0 saturated carbocycles. The molecule has 0 radical (unpaired) electrons. The summed E-state index contributed by atoms with van der Waals surface area (Å²) in [5.74, 6) is 1.91. The number of aliphatic imine (C=N–C) groups is 1. The normalized spacial score (nSPS) is 16.4. The molecule has 0 bridgehead atoms. The van der Waals surface area contributed by atoms with Gasteiger partial charge in [0, 0.05) is 5.56 Å². The number of halogens is 1. The summed E-state index contributed by atoms with van der Waals surface area (Å²) in [6, 6.07) is 4.06. The lowest BCUT2D eigenvalue weighted by Gasteiger charge is -2.34. The summed E-state index contributed by atoms with van der Waals surface area (Å²) in [6.07, 6.45) is 2.95. The topological polar surface area (TPSA) is 30.8 Å². The third kappa shape index (κ3) is 2.51. The van der Waals surface area contributed by atoms with Crippen LogP contribution in [0.4, 0.5) is 0 Å². The van der Waals surface area contributed by atoms with Gasteiger partial charge in [0.1, 0.15) is 0 Å². The molecule has 3 nitrogen and oxygen atoms in total. The van der Waals surface area contributed by atoms with Crippen molar-refractivity contribution in [2.45, 2.75) is 38.6 Å². The molecule has 1 aromatic rings. The quantitative estimate of drug-likeness (QED) is 0.773. The number of fused-ring (bicyclic) bond motifs is 1. The highest BCUT2D eigenvalue weighted by atomic mass is 35.5. The molecule has 0 saturated heterocycles. The second-order valence-electron chi connectivity index (χ2n) is 5.16. The highest BCUT2D eigenvalue weighted by Gasteiger charge is 2.32. The van der Waals surface area contributed by atoms with Crippen LogP contribution in [0.25, 0.3) is 0 Å². The largest absolute Gasteiger partial charge is 0.493 e. The first-order valence-corrected chi connectivity index (χ1v) is 7.56. The Morgan fingerprint density at radius 2 is 1.75 bits per heavy atom. The first-order valence-electron chi connectivity index (χ1n) is 7.03. The standard InChI is InChI=1S/C16H22ClNO2/c1-5-16(6-2)9-11-7-14(19-3)15(20-4)8-12(11)13(10-17)18-16/h7-8H,5-6,9-10H2,1-4H3. The molecule has 0 N–H and O–H groups in total. The average Bonchev–Trinajstić information content (AvgIpc) is 2.52. The number of hydrogen-bond acceptors (Lipinski definition) is 3. The predicted octanol–water partition coefficient (Wildman–Crippen LogP) is 3.85. The van der Waals surface area contributed by atoms with Gasteiger partial charge in [-0.2, -0.15) is 0 Å². The molecule has 1 aliphatic rings. The van der Waals surface area contributed by atoms with Gasteiger partial charge >= 0.3 is 0 Å². The van der Waals surface area contributed by atoms with Gasteiger partial charge in [0.15, 0.2) is 11.5 Å². The lowest BCUT2D eigenvalue weighted by atomic mass is 9.81. The van der Waals surface area contributed by atoms with E-state index in [0.717, 1.165) is 42.0 Å². The molecule has 20 heavy (non-hydrogen) atoms. The van der Waals surface area contributed by atoms with Crippen molar-refractivity contribution in [3.63, 3.8) is 0 Å². The fourth-order valence-electron chi connectivity index (χ4n) is 2.84. The molecule has 0 aliphatic carbocycles. The Labute approximate surface area is 126 Å². The van der Waals surface area contributed by atoms with Crippen molar-refractivity contribution < 1.29 is 9.47 Å². The molecule has 0 atom stereocenters. The predicted molar refractivity (Wildman–Crippen MR) is 83.8 cm³/mol. The zero-order chi connectivity index (χ0) is 14.8. The summed E-state index contributed by atoms with van der Waals surface area (Å²) in [5, 5.41) is 0. The van der Waals surface area contributed by atoms with Gasteiger partial charge in [0.2, 0.25) is 0 Å². The van der Waals surface area contributed by atoms with Crippen LogP contribution < -0.4 is 9.47 Å². The lowest BCUT2D eigenvalue weighted by molar-refractivity contribution is 0.351. The average molecular weight is 296 g/mol. The van der Waals surface area contributed by atoms with E-state index in [2.05, 4.69) is 19.9 Å². The van der Waals surface area contributed by atoms with Gasteiger partial charge in [0.05, 0.1) is 31.4 Å². The number of rotatable bonds is 5. The van der Waals surface area contributed by atoms with Crippen LogP contribution in [0.3, 0.4) is 0 Å². The molecule has 110 valence electrons. The van der Waals surface area contributed by atoms with E-state index >= 15 is 0 Å². The highest BCUT2D eigenvalue weighted by molar-refractivity contribution is 6.32. The van der Waals surface area contributed by atoms with E-state index in [-0.39, 0.29) is 5.54 Å². The van der Waals surface area contributed by atoms with Gasteiger partial charge in [-0.25, -0.2) is 0 Å². The monoisotopic (exact) mass is 295 g/mol. The molecular formula is C16H22ClNO2. The molecule has 1 aromatic carbocycles. The van der Waals surface area contributed by atoms with E-state index < -0.39 is 0 Å². The number of ether oxygens (including phenoxy) is 2. The molecule has 1 aliphatic heterocycles. The molecule has 0 unspecified atom stereocenters. The maximum absolute atomic E-state index is 6.12.